The number of methoxy groups -OCH3 is 2. The van der Waals surface area contributed by atoms with Crippen LogP contribution in [-0.4, -0.2) is 45.5 Å². The van der Waals surface area contributed by atoms with E-state index in [9.17, 15) is 0 Å². The summed E-state index contributed by atoms with van der Waals surface area (Å²) in [4.78, 5) is 6.81. The highest BCUT2D eigenvalue weighted by Crippen LogP contribution is 2.24. The second-order valence-corrected chi connectivity index (χ2v) is 4.88. The second kappa shape index (κ2) is 8.89. The van der Waals surface area contributed by atoms with Crippen LogP contribution in [-0.2, 0) is 16.0 Å². The molecule has 0 unspecified atom stereocenters. The highest BCUT2D eigenvalue weighted by atomic mass is 16.5. The Labute approximate surface area is 122 Å². The lowest BCUT2D eigenvalue weighted by molar-refractivity contribution is 0.191. The summed E-state index contributed by atoms with van der Waals surface area (Å²) in [7, 11) is 3.45. The Morgan fingerprint density at radius 2 is 1.85 bits per heavy atom. The molecule has 0 bridgehead atoms. The predicted molar refractivity (Wildman–Crippen MR) is 82.2 cm³/mol. The maximum atomic E-state index is 5.90. The minimum Gasteiger partial charge on any atom is -0.385 e. The molecule has 0 saturated heterocycles. The van der Waals surface area contributed by atoms with E-state index in [0.717, 1.165) is 43.1 Å². The number of aryl methyl sites for hydroxylation is 2. The van der Waals surface area contributed by atoms with Crippen molar-refractivity contribution in [3.8, 4) is 0 Å². The Bertz CT molecular complexity index is 410. The number of pyridine rings is 1. The van der Waals surface area contributed by atoms with Crippen molar-refractivity contribution in [3.05, 3.63) is 23.0 Å². The van der Waals surface area contributed by atoms with Crippen LogP contribution in [0.2, 0.25) is 0 Å². The molecule has 114 valence electrons. The first-order chi connectivity index (χ1) is 9.63. The first-order valence-corrected chi connectivity index (χ1v) is 7.04. The smallest absolute Gasteiger partial charge is 0.0637 e. The Morgan fingerprint density at radius 3 is 2.45 bits per heavy atom. The van der Waals surface area contributed by atoms with Crippen LogP contribution in [0.1, 0.15) is 23.4 Å². The zero-order chi connectivity index (χ0) is 15.0. The van der Waals surface area contributed by atoms with Gasteiger partial charge in [-0.2, -0.15) is 0 Å². The van der Waals surface area contributed by atoms with Crippen LogP contribution in [0.3, 0.4) is 0 Å². The number of nitrogens with two attached hydrogens (primary N) is 1. The summed E-state index contributed by atoms with van der Waals surface area (Å²) in [5.74, 6) is 0. The van der Waals surface area contributed by atoms with Crippen molar-refractivity contribution in [1.82, 2.24) is 4.98 Å². The zero-order valence-electron chi connectivity index (χ0n) is 13.1. The van der Waals surface area contributed by atoms with Crippen LogP contribution in [0, 0.1) is 13.8 Å². The fraction of sp³-hybridized carbons (Fsp3) is 0.667. The Hall–Kier alpha value is -1.17. The molecule has 5 heteroatoms. The molecule has 1 aromatic heterocycles. The minimum absolute atomic E-state index is 0.502. The SMILES string of the molecule is COCCCN(CCOC)c1cc(C)nc(C)c1CN. The first-order valence-electron chi connectivity index (χ1n) is 7.04. The molecular formula is C15H27N3O2. The van der Waals surface area contributed by atoms with Gasteiger partial charge in [-0.05, 0) is 26.3 Å². The minimum atomic E-state index is 0.502. The molecule has 1 heterocycles. The van der Waals surface area contributed by atoms with Gasteiger partial charge in [0, 0.05) is 63.1 Å². The van der Waals surface area contributed by atoms with Crippen LogP contribution in [0.15, 0.2) is 6.07 Å². The molecule has 1 aromatic rings. The lowest BCUT2D eigenvalue weighted by Crippen LogP contribution is -2.30. The predicted octanol–water partition coefficient (Wildman–Crippen LogP) is 1.65. The third-order valence-electron chi connectivity index (χ3n) is 3.32. The number of nitrogens with zero attached hydrogens (tertiary/aromatic N) is 2. The van der Waals surface area contributed by atoms with E-state index >= 15 is 0 Å². The largest absolute Gasteiger partial charge is 0.385 e. The van der Waals surface area contributed by atoms with Gasteiger partial charge in [-0.25, -0.2) is 0 Å². The maximum absolute atomic E-state index is 5.90. The van der Waals surface area contributed by atoms with Crippen molar-refractivity contribution in [2.24, 2.45) is 5.73 Å². The van der Waals surface area contributed by atoms with Crippen molar-refractivity contribution in [2.45, 2.75) is 26.8 Å². The number of rotatable bonds is 9. The maximum Gasteiger partial charge on any atom is 0.0637 e. The van der Waals surface area contributed by atoms with Crippen molar-refractivity contribution in [3.63, 3.8) is 0 Å². The quantitative estimate of drug-likeness (QED) is 0.697. The molecule has 0 atom stereocenters. The summed E-state index contributed by atoms with van der Waals surface area (Å²) in [5.41, 5.74) is 10.2. The van der Waals surface area contributed by atoms with Crippen LogP contribution in [0.25, 0.3) is 0 Å². The van der Waals surface area contributed by atoms with E-state index in [1.807, 2.05) is 13.8 Å². The molecular weight excluding hydrogens is 254 g/mol. The molecule has 2 N–H and O–H groups in total. The van der Waals surface area contributed by atoms with Gasteiger partial charge < -0.3 is 20.1 Å². The molecule has 0 fully saturated rings. The van der Waals surface area contributed by atoms with E-state index in [4.69, 9.17) is 15.2 Å². The van der Waals surface area contributed by atoms with Gasteiger partial charge in [0.05, 0.1) is 6.61 Å². The van der Waals surface area contributed by atoms with E-state index < -0.39 is 0 Å². The molecule has 1 rings (SSSR count). The van der Waals surface area contributed by atoms with E-state index in [-0.39, 0.29) is 0 Å². The molecule has 20 heavy (non-hydrogen) atoms. The highest BCUT2D eigenvalue weighted by molar-refractivity contribution is 5.56. The third-order valence-corrected chi connectivity index (χ3v) is 3.32. The van der Waals surface area contributed by atoms with Gasteiger partial charge in [0.15, 0.2) is 0 Å². The Balaban J connectivity index is 2.98. The van der Waals surface area contributed by atoms with Crippen molar-refractivity contribution < 1.29 is 9.47 Å². The molecule has 0 saturated carbocycles. The fourth-order valence-electron chi connectivity index (χ4n) is 2.32. The van der Waals surface area contributed by atoms with Gasteiger partial charge in [-0.1, -0.05) is 0 Å². The van der Waals surface area contributed by atoms with E-state index in [0.29, 0.717) is 13.2 Å². The van der Waals surface area contributed by atoms with Gasteiger partial charge in [-0.15, -0.1) is 0 Å². The summed E-state index contributed by atoms with van der Waals surface area (Å²) in [6.07, 6.45) is 0.977. The number of hydrogen-bond acceptors (Lipinski definition) is 5. The lowest BCUT2D eigenvalue weighted by atomic mass is 10.1. The summed E-state index contributed by atoms with van der Waals surface area (Å²) in [6.45, 7) is 7.75. The van der Waals surface area contributed by atoms with Crippen molar-refractivity contribution in [2.75, 3.05) is 45.4 Å². The molecule has 0 aromatic carbocycles. The molecule has 0 aliphatic heterocycles. The summed E-state index contributed by atoms with van der Waals surface area (Å²) >= 11 is 0. The van der Waals surface area contributed by atoms with Crippen LogP contribution in [0.5, 0.6) is 0 Å². The van der Waals surface area contributed by atoms with Gasteiger partial charge >= 0.3 is 0 Å². The van der Waals surface area contributed by atoms with E-state index in [2.05, 4.69) is 16.0 Å². The third kappa shape index (κ3) is 4.74. The molecule has 5 nitrogen and oxygen atoms in total. The van der Waals surface area contributed by atoms with E-state index in [1.54, 1.807) is 14.2 Å². The van der Waals surface area contributed by atoms with Crippen LogP contribution in [0.4, 0.5) is 5.69 Å². The molecule has 0 aliphatic carbocycles. The molecule has 0 amide bonds. The monoisotopic (exact) mass is 281 g/mol. The highest BCUT2D eigenvalue weighted by Gasteiger charge is 2.14. The van der Waals surface area contributed by atoms with Gasteiger partial charge in [0.25, 0.3) is 0 Å². The van der Waals surface area contributed by atoms with Gasteiger partial charge in [0.2, 0.25) is 0 Å². The topological polar surface area (TPSA) is 60.6 Å². The summed E-state index contributed by atoms with van der Waals surface area (Å²) in [5, 5.41) is 0. The number of anilines is 1. The Morgan fingerprint density at radius 1 is 1.15 bits per heavy atom. The zero-order valence-corrected chi connectivity index (χ0v) is 13.1. The normalized spacial score (nSPS) is 10.8. The molecule has 0 aliphatic rings. The van der Waals surface area contributed by atoms with Crippen molar-refractivity contribution >= 4 is 5.69 Å². The second-order valence-electron chi connectivity index (χ2n) is 4.88. The fourth-order valence-corrected chi connectivity index (χ4v) is 2.32. The van der Waals surface area contributed by atoms with Gasteiger partial charge in [0.1, 0.15) is 0 Å². The average Bonchev–Trinajstić information content (AvgIpc) is 2.42. The van der Waals surface area contributed by atoms with Gasteiger partial charge in [-0.3, -0.25) is 4.98 Å². The average molecular weight is 281 g/mol. The number of hydrogen-bond donors (Lipinski definition) is 1. The van der Waals surface area contributed by atoms with Crippen LogP contribution < -0.4 is 10.6 Å². The standard InChI is InChI=1S/C15H27N3O2/c1-12-10-15(14(11-16)13(2)17-12)18(7-9-20-4)6-5-8-19-3/h10H,5-9,11,16H2,1-4H3. The molecule has 0 radical (unpaired) electrons. The molecule has 0 spiro atoms. The van der Waals surface area contributed by atoms with Crippen molar-refractivity contribution in [1.29, 1.82) is 0 Å². The lowest BCUT2D eigenvalue weighted by Gasteiger charge is -2.27. The van der Waals surface area contributed by atoms with Crippen LogP contribution >= 0.6 is 0 Å². The van der Waals surface area contributed by atoms with E-state index in [1.165, 1.54) is 5.69 Å². The Kier molecular flexibility index (Phi) is 7.51. The number of ether oxygens (including phenoxy) is 2. The summed E-state index contributed by atoms with van der Waals surface area (Å²) in [6, 6.07) is 2.11. The summed E-state index contributed by atoms with van der Waals surface area (Å²) < 4.78 is 10.4. The number of aromatic nitrogens is 1. The first kappa shape index (κ1) is 16.9.